The summed E-state index contributed by atoms with van der Waals surface area (Å²) in [5.41, 5.74) is 5.69. The van der Waals surface area contributed by atoms with Gasteiger partial charge in [-0.25, -0.2) is 19.6 Å². The van der Waals surface area contributed by atoms with E-state index in [9.17, 15) is 24.3 Å². The summed E-state index contributed by atoms with van der Waals surface area (Å²) in [5.74, 6) is 0.699. The summed E-state index contributed by atoms with van der Waals surface area (Å²) in [6, 6.07) is 14.3. The number of amides is 4. The Morgan fingerprint density at radius 3 is 1.42 bits per heavy atom. The Morgan fingerprint density at radius 2 is 1.05 bits per heavy atom. The van der Waals surface area contributed by atoms with E-state index < -0.39 is 24.3 Å². The molecule has 0 aliphatic carbocycles. The molecular weight excluding hydrogens is 701 g/mol. The number of imidazole rings is 2. The number of hydrogen-bond acceptors (Lipinski definition) is 7. The zero-order valence-corrected chi connectivity index (χ0v) is 32.5. The van der Waals surface area contributed by atoms with Crippen LogP contribution in [0.5, 0.6) is 0 Å². The van der Waals surface area contributed by atoms with Crippen molar-refractivity contribution in [1.29, 1.82) is 0 Å². The predicted molar refractivity (Wildman–Crippen MR) is 208 cm³/mol. The van der Waals surface area contributed by atoms with E-state index in [2.05, 4.69) is 49.9 Å². The minimum atomic E-state index is -1.22. The number of carboxylic acid groups (broad SMARTS) is 1. The molecule has 2 aromatic heterocycles. The van der Waals surface area contributed by atoms with Gasteiger partial charge in [0.15, 0.2) is 0 Å². The van der Waals surface area contributed by atoms with E-state index in [1.807, 2.05) is 70.7 Å². The number of ether oxygens (including phenoxy) is 1. The number of H-pyrrole nitrogens is 2. The molecule has 4 amide bonds. The molecule has 0 radical (unpaired) electrons. The predicted octanol–water partition coefficient (Wildman–Crippen LogP) is 6.91. The van der Waals surface area contributed by atoms with Crippen molar-refractivity contribution in [3.63, 3.8) is 0 Å². The second-order valence-corrected chi connectivity index (χ2v) is 15.4. The molecule has 6 rings (SSSR count). The first kappa shape index (κ1) is 39.0. The monoisotopic (exact) mass is 752 g/mol. The van der Waals surface area contributed by atoms with Crippen LogP contribution in [-0.4, -0.2) is 90.1 Å². The minimum Gasteiger partial charge on any atom is -0.465 e. The van der Waals surface area contributed by atoms with Crippen molar-refractivity contribution >= 4 is 24.0 Å². The molecule has 2 unspecified atom stereocenters. The SMILES string of the molecule is COC(=O)N[C@H](C(=O)N1C(C)CCC1c1ncc(-c2ccc(-c3ccc(-c4cnc([C@H]5CC[C@H](C)N5C(=O)[C@H](NC(=O)O)C(C)C)[nH]4)cc3)cc2)[nH]1)C(C)C. The Kier molecular flexibility index (Phi) is 11.6. The van der Waals surface area contributed by atoms with Crippen molar-refractivity contribution in [1.82, 2.24) is 40.4 Å². The fourth-order valence-electron chi connectivity index (χ4n) is 7.90. The number of aromatic amines is 2. The van der Waals surface area contributed by atoms with Crippen LogP contribution in [0.4, 0.5) is 9.59 Å². The lowest BCUT2D eigenvalue weighted by atomic mass is 10.0. The van der Waals surface area contributed by atoms with Gasteiger partial charge in [-0.05, 0) is 73.6 Å². The Bertz CT molecular complexity index is 1990. The molecule has 2 saturated heterocycles. The third kappa shape index (κ3) is 8.23. The molecule has 0 spiro atoms. The smallest absolute Gasteiger partial charge is 0.407 e. The van der Waals surface area contributed by atoms with E-state index >= 15 is 0 Å². The number of nitrogens with zero attached hydrogens (tertiary/aromatic N) is 4. The van der Waals surface area contributed by atoms with Crippen molar-refractivity contribution in [2.75, 3.05) is 7.11 Å². The quantitative estimate of drug-likeness (QED) is 0.109. The third-order valence-electron chi connectivity index (χ3n) is 11.0. The summed E-state index contributed by atoms with van der Waals surface area (Å²) >= 11 is 0. The Morgan fingerprint density at radius 1 is 0.673 bits per heavy atom. The van der Waals surface area contributed by atoms with Crippen molar-refractivity contribution in [3.8, 4) is 33.6 Å². The van der Waals surface area contributed by atoms with Crippen molar-refractivity contribution in [3.05, 3.63) is 72.6 Å². The van der Waals surface area contributed by atoms with E-state index in [1.54, 1.807) is 17.3 Å². The van der Waals surface area contributed by atoms with Crippen LogP contribution in [0.25, 0.3) is 33.6 Å². The molecule has 2 aromatic carbocycles. The lowest BCUT2D eigenvalue weighted by Crippen LogP contribution is -2.52. The molecule has 55 heavy (non-hydrogen) atoms. The Labute approximate surface area is 321 Å². The van der Waals surface area contributed by atoms with Gasteiger partial charge in [0, 0.05) is 12.1 Å². The van der Waals surface area contributed by atoms with E-state index in [0.717, 1.165) is 59.3 Å². The van der Waals surface area contributed by atoms with Crippen LogP contribution in [0, 0.1) is 11.8 Å². The molecule has 2 aliphatic rings. The van der Waals surface area contributed by atoms with Crippen LogP contribution in [0.3, 0.4) is 0 Å². The maximum atomic E-state index is 13.7. The van der Waals surface area contributed by atoms with Crippen LogP contribution in [0.2, 0.25) is 0 Å². The zero-order valence-electron chi connectivity index (χ0n) is 32.5. The highest BCUT2D eigenvalue weighted by molar-refractivity contribution is 5.87. The van der Waals surface area contributed by atoms with Gasteiger partial charge in [-0.1, -0.05) is 76.2 Å². The Hall–Kier alpha value is -5.66. The van der Waals surface area contributed by atoms with Gasteiger partial charge in [0.2, 0.25) is 11.8 Å². The number of carbonyl (C=O) groups is 4. The first-order chi connectivity index (χ1) is 26.3. The molecular formula is C41H52N8O6. The summed E-state index contributed by atoms with van der Waals surface area (Å²) in [6.07, 6.45) is 4.86. The van der Waals surface area contributed by atoms with Crippen molar-refractivity contribution in [2.45, 2.75) is 103 Å². The zero-order chi connectivity index (χ0) is 39.6. The minimum absolute atomic E-state index is 0.00260. The molecule has 2 fully saturated rings. The molecule has 2 aliphatic heterocycles. The molecule has 0 saturated carbocycles. The van der Waals surface area contributed by atoms with Gasteiger partial charge in [0.25, 0.3) is 0 Å². The average Bonchev–Trinajstić information content (AvgIpc) is 3.99. The van der Waals surface area contributed by atoms with Gasteiger partial charge in [0.05, 0.1) is 43.0 Å². The number of methoxy groups -OCH3 is 1. The normalized spacial score (nSPS) is 20.8. The fraction of sp³-hybridized carbons (Fsp3) is 0.463. The van der Waals surface area contributed by atoms with Gasteiger partial charge in [-0.3, -0.25) is 9.59 Å². The van der Waals surface area contributed by atoms with Crippen molar-refractivity contribution < 1.29 is 29.0 Å². The second kappa shape index (κ2) is 16.4. The van der Waals surface area contributed by atoms with E-state index in [-0.39, 0.29) is 47.8 Å². The number of likely N-dealkylation sites (tertiary alicyclic amines) is 2. The highest BCUT2D eigenvalue weighted by atomic mass is 16.5. The highest BCUT2D eigenvalue weighted by Gasteiger charge is 2.42. The maximum Gasteiger partial charge on any atom is 0.407 e. The number of hydrogen-bond donors (Lipinski definition) is 5. The molecule has 4 heterocycles. The van der Waals surface area contributed by atoms with Gasteiger partial charge in [-0.15, -0.1) is 0 Å². The largest absolute Gasteiger partial charge is 0.465 e. The fourth-order valence-corrected chi connectivity index (χ4v) is 7.90. The first-order valence-corrected chi connectivity index (χ1v) is 19.1. The van der Waals surface area contributed by atoms with Gasteiger partial charge < -0.3 is 40.2 Å². The first-order valence-electron chi connectivity index (χ1n) is 19.1. The van der Waals surface area contributed by atoms with Gasteiger partial charge in [0.1, 0.15) is 23.7 Å². The standard InChI is InChI=1S/C41H52N8O6/c1-22(2)34(46-40(52)53)38(50)48-24(5)8-18-32(48)36-42-20-30(44-36)28-14-10-26(11-15-28)27-12-16-29(17-13-27)31-21-43-37(45-31)33-19-9-25(6)49(33)39(51)35(23(3)4)47-41(54)55-7/h10-17,20-25,32-35,46H,8-9,18-19H2,1-7H3,(H,42,44)(H,43,45)(H,47,54)(H,52,53)/t24-,25?,32+,33?,34+,35-/m0/s1. The summed E-state index contributed by atoms with van der Waals surface area (Å²) < 4.78 is 4.77. The van der Waals surface area contributed by atoms with Gasteiger partial charge in [-0.2, -0.15) is 0 Å². The molecule has 5 N–H and O–H groups in total. The number of alkyl carbamates (subject to hydrolysis) is 1. The summed E-state index contributed by atoms with van der Waals surface area (Å²) in [6.45, 7) is 11.5. The molecule has 6 atom stereocenters. The van der Waals surface area contributed by atoms with E-state index in [0.29, 0.717) is 11.6 Å². The number of nitrogens with one attached hydrogen (secondary N) is 4. The summed E-state index contributed by atoms with van der Waals surface area (Å²) in [4.78, 5) is 70.6. The van der Waals surface area contributed by atoms with Gasteiger partial charge >= 0.3 is 12.2 Å². The van der Waals surface area contributed by atoms with Crippen LogP contribution < -0.4 is 10.6 Å². The molecule has 0 bridgehead atoms. The highest BCUT2D eigenvalue weighted by Crippen LogP contribution is 2.38. The molecule has 14 heteroatoms. The maximum absolute atomic E-state index is 13.7. The summed E-state index contributed by atoms with van der Waals surface area (Å²) in [7, 11) is 1.29. The van der Waals surface area contributed by atoms with Crippen LogP contribution in [0.1, 0.15) is 91.0 Å². The van der Waals surface area contributed by atoms with Crippen molar-refractivity contribution in [2.24, 2.45) is 11.8 Å². The van der Waals surface area contributed by atoms with E-state index in [4.69, 9.17) is 9.72 Å². The molecule has 14 nitrogen and oxygen atoms in total. The topological polar surface area (TPSA) is 186 Å². The summed E-state index contributed by atoms with van der Waals surface area (Å²) in [5, 5.41) is 14.5. The Balaban J connectivity index is 1.13. The van der Waals surface area contributed by atoms with Crippen LogP contribution >= 0.6 is 0 Å². The van der Waals surface area contributed by atoms with E-state index in [1.165, 1.54) is 7.11 Å². The van der Waals surface area contributed by atoms with Crippen LogP contribution in [0.15, 0.2) is 60.9 Å². The molecule has 292 valence electrons. The lowest BCUT2D eigenvalue weighted by molar-refractivity contribution is -0.138. The lowest BCUT2D eigenvalue weighted by Gasteiger charge is -2.32. The average molecular weight is 753 g/mol. The number of benzene rings is 2. The van der Waals surface area contributed by atoms with Crippen LogP contribution in [-0.2, 0) is 14.3 Å². The third-order valence-corrected chi connectivity index (χ3v) is 11.0. The number of carbonyl (C=O) groups excluding carboxylic acids is 3. The number of aromatic nitrogens is 4. The molecule has 4 aromatic rings. The second-order valence-electron chi connectivity index (χ2n) is 15.4. The number of rotatable bonds is 11.